The van der Waals surface area contributed by atoms with Crippen molar-refractivity contribution in [2.24, 2.45) is 5.73 Å². The summed E-state index contributed by atoms with van der Waals surface area (Å²) >= 11 is 0. The van der Waals surface area contributed by atoms with Crippen molar-refractivity contribution in [1.29, 1.82) is 0 Å². The van der Waals surface area contributed by atoms with Crippen molar-refractivity contribution < 1.29 is 8.42 Å². The van der Waals surface area contributed by atoms with Crippen molar-refractivity contribution in [3.8, 4) is 0 Å². The first-order chi connectivity index (χ1) is 9.14. The highest BCUT2D eigenvalue weighted by Crippen LogP contribution is 2.18. The fourth-order valence-electron chi connectivity index (χ4n) is 2.75. The summed E-state index contributed by atoms with van der Waals surface area (Å²) in [5.74, 6) is 0. The highest BCUT2D eigenvalue weighted by atomic mass is 32.2. The summed E-state index contributed by atoms with van der Waals surface area (Å²) in [5, 5.41) is 0. The van der Waals surface area contributed by atoms with Gasteiger partial charge in [0.05, 0.1) is 0 Å². The average Bonchev–Trinajstić information content (AvgIpc) is 2.94. The van der Waals surface area contributed by atoms with E-state index in [1.165, 1.54) is 0 Å². The van der Waals surface area contributed by atoms with E-state index in [2.05, 4.69) is 4.90 Å². The van der Waals surface area contributed by atoms with Gasteiger partial charge in [-0.3, -0.25) is 0 Å². The molecule has 0 radical (unpaired) electrons. The first-order valence-corrected chi connectivity index (χ1v) is 8.72. The highest BCUT2D eigenvalue weighted by molar-refractivity contribution is 7.86. The van der Waals surface area contributed by atoms with E-state index in [0.717, 1.165) is 51.9 Å². The third-order valence-electron chi connectivity index (χ3n) is 3.98. The Morgan fingerprint density at radius 3 is 2.00 bits per heavy atom. The van der Waals surface area contributed by atoms with Crippen LogP contribution in [0.4, 0.5) is 0 Å². The molecule has 7 heteroatoms. The van der Waals surface area contributed by atoms with Crippen LogP contribution in [0.2, 0.25) is 0 Å². The van der Waals surface area contributed by atoms with Crippen molar-refractivity contribution in [2.75, 3.05) is 52.4 Å². The van der Waals surface area contributed by atoms with Crippen molar-refractivity contribution in [3.63, 3.8) is 0 Å². The van der Waals surface area contributed by atoms with Gasteiger partial charge in [0.2, 0.25) is 0 Å². The number of nitrogens with zero attached hydrogens (tertiary/aromatic N) is 3. The molecule has 2 rings (SSSR count). The van der Waals surface area contributed by atoms with Gasteiger partial charge in [-0.1, -0.05) is 0 Å². The van der Waals surface area contributed by atoms with Crippen LogP contribution in [-0.2, 0) is 10.2 Å². The summed E-state index contributed by atoms with van der Waals surface area (Å²) in [6, 6.07) is 0. The van der Waals surface area contributed by atoms with Crippen LogP contribution in [0.3, 0.4) is 0 Å². The highest BCUT2D eigenvalue weighted by Gasteiger charge is 2.33. The molecule has 2 fully saturated rings. The van der Waals surface area contributed by atoms with Crippen molar-refractivity contribution in [3.05, 3.63) is 0 Å². The van der Waals surface area contributed by atoms with Crippen LogP contribution < -0.4 is 5.73 Å². The molecule has 0 unspecified atom stereocenters. The Hall–Kier alpha value is -0.210. The van der Waals surface area contributed by atoms with E-state index >= 15 is 0 Å². The van der Waals surface area contributed by atoms with Crippen LogP contribution in [0.15, 0.2) is 0 Å². The first kappa shape index (κ1) is 15.2. The van der Waals surface area contributed by atoms with Gasteiger partial charge >= 0.3 is 0 Å². The largest absolute Gasteiger partial charge is 0.330 e. The molecule has 19 heavy (non-hydrogen) atoms. The SMILES string of the molecule is NCCCCN1CCN(S(=O)(=O)N2CCCC2)CC1. The van der Waals surface area contributed by atoms with Crippen molar-refractivity contribution >= 4 is 10.2 Å². The molecular weight excluding hydrogens is 264 g/mol. The Kier molecular flexibility index (Phi) is 5.58. The first-order valence-electron chi connectivity index (χ1n) is 7.32. The topological polar surface area (TPSA) is 69.9 Å². The van der Waals surface area contributed by atoms with Gasteiger partial charge in [0, 0.05) is 39.3 Å². The molecule has 0 aromatic rings. The molecule has 2 aliphatic rings. The molecular formula is C12H26N4O2S. The fraction of sp³-hybridized carbons (Fsp3) is 1.00. The maximum Gasteiger partial charge on any atom is 0.282 e. The number of nitrogens with two attached hydrogens (primary N) is 1. The predicted octanol–water partition coefficient (Wildman–Crippen LogP) is -0.316. The fourth-order valence-corrected chi connectivity index (χ4v) is 4.42. The standard InChI is InChI=1S/C12H26N4O2S/c13-5-1-2-6-14-9-11-16(12-10-14)19(17,18)15-7-3-4-8-15/h1-13H2. The number of hydrogen-bond donors (Lipinski definition) is 1. The number of rotatable bonds is 6. The molecule has 2 heterocycles. The molecule has 112 valence electrons. The maximum atomic E-state index is 12.4. The monoisotopic (exact) mass is 290 g/mol. The molecule has 2 N–H and O–H groups in total. The Balaban J connectivity index is 1.79. The molecule has 0 atom stereocenters. The lowest BCUT2D eigenvalue weighted by Crippen LogP contribution is -2.52. The molecule has 2 saturated heterocycles. The molecule has 0 amide bonds. The maximum absolute atomic E-state index is 12.4. The Morgan fingerprint density at radius 2 is 1.42 bits per heavy atom. The van der Waals surface area contributed by atoms with Gasteiger partial charge < -0.3 is 10.6 Å². The summed E-state index contributed by atoms with van der Waals surface area (Å²) in [7, 11) is -3.19. The molecule has 0 spiro atoms. The molecule has 2 aliphatic heterocycles. The Morgan fingerprint density at radius 1 is 0.842 bits per heavy atom. The van der Waals surface area contributed by atoms with Gasteiger partial charge in [-0.15, -0.1) is 0 Å². The minimum absolute atomic E-state index is 0.626. The van der Waals surface area contributed by atoms with Gasteiger partial charge in [-0.25, -0.2) is 0 Å². The number of hydrogen-bond acceptors (Lipinski definition) is 4. The predicted molar refractivity (Wildman–Crippen MR) is 76.0 cm³/mol. The van der Waals surface area contributed by atoms with Crippen molar-refractivity contribution in [2.45, 2.75) is 25.7 Å². The third-order valence-corrected chi connectivity index (χ3v) is 6.01. The zero-order chi connectivity index (χ0) is 13.7. The van der Waals surface area contributed by atoms with E-state index in [4.69, 9.17) is 5.73 Å². The average molecular weight is 290 g/mol. The van der Waals surface area contributed by atoms with Crippen LogP contribution in [0.5, 0.6) is 0 Å². The summed E-state index contributed by atoms with van der Waals surface area (Å²) < 4.78 is 28.0. The van der Waals surface area contributed by atoms with Crippen LogP contribution in [0, 0.1) is 0 Å². The van der Waals surface area contributed by atoms with E-state index in [-0.39, 0.29) is 0 Å². The molecule has 0 saturated carbocycles. The minimum atomic E-state index is -3.19. The Labute approximate surface area is 116 Å². The van der Waals surface area contributed by atoms with Crippen LogP contribution in [-0.4, -0.2) is 74.3 Å². The van der Waals surface area contributed by atoms with Gasteiger partial charge in [-0.2, -0.15) is 17.0 Å². The lowest BCUT2D eigenvalue weighted by Gasteiger charge is -2.35. The molecule has 0 bridgehead atoms. The zero-order valence-corrected chi connectivity index (χ0v) is 12.4. The van der Waals surface area contributed by atoms with E-state index in [1.54, 1.807) is 8.61 Å². The van der Waals surface area contributed by atoms with Gasteiger partial charge in [0.15, 0.2) is 0 Å². The summed E-state index contributed by atoms with van der Waals surface area (Å²) in [5.41, 5.74) is 5.48. The summed E-state index contributed by atoms with van der Waals surface area (Å²) in [4.78, 5) is 2.34. The third kappa shape index (κ3) is 3.88. The lowest BCUT2D eigenvalue weighted by atomic mass is 10.2. The molecule has 0 aromatic carbocycles. The van der Waals surface area contributed by atoms with E-state index < -0.39 is 10.2 Å². The van der Waals surface area contributed by atoms with Crippen LogP contribution in [0.25, 0.3) is 0 Å². The van der Waals surface area contributed by atoms with E-state index in [0.29, 0.717) is 26.2 Å². The number of unbranched alkanes of at least 4 members (excludes halogenated alkanes) is 1. The molecule has 6 nitrogen and oxygen atoms in total. The van der Waals surface area contributed by atoms with Gasteiger partial charge in [-0.05, 0) is 38.8 Å². The summed E-state index contributed by atoms with van der Waals surface area (Å²) in [6.07, 6.45) is 4.15. The summed E-state index contributed by atoms with van der Waals surface area (Å²) in [6.45, 7) is 6.11. The quantitative estimate of drug-likeness (QED) is 0.681. The lowest BCUT2D eigenvalue weighted by molar-refractivity contribution is 0.180. The zero-order valence-electron chi connectivity index (χ0n) is 11.6. The van der Waals surface area contributed by atoms with Crippen LogP contribution >= 0.6 is 0 Å². The van der Waals surface area contributed by atoms with Gasteiger partial charge in [0.1, 0.15) is 0 Å². The minimum Gasteiger partial charge on any atom is -0.330 e. The molecule has 0 aliphatic carbocycles. The van der Waals surface area contributed by atoms with E-state index in [1.807, 2.05) is 0 Å². The second kappa shape index (κ2) is 6.99. The Bertz CT molecular complexity index is 360. The van der Waals surface area contributed by atoms with E-state index in [9.17, 15) is 8.42 Å². The number of piperazine rings is 1. The second-order valence-electron chi connectivity index (χ2n) is 5.35. The normalized spacial score (nSPS) is 24.1. The molecule has 0 aromatic heterocycles. The second-order valence-corrected chi connectivity index (χ2v) is 7.28. The smallest absolute Gasteiger partial charge is 0.282 e. The van der Waals surface area contributed by atoms with Crippen molar-refractivity contribution in [1.82, 2.24) is 13.5 Å². The van der Waals surface area contributed by atoms with Gasteiger partial charge in [0.25, 0.3) is 10.2 Å². The van der Waals surface area contributed by atoms with Crippen LogP contribution in [0.1, 0.15) is 25.7 Å².